The molecule has 0 aliphatic carbocycles. The molecule has 0 heterocycles. The lowest BCUT2D eigenvalue weighted by atomic mass is 10.0. The molecule has 3 N–H and O–H groups in total. The highest BCUT2D eigenvalue weighted by atomic mass is 32.2. The first-order valence-corrected chi connectivity index (χ1v) is 8.08. The average molecular weight is 284 g/mol. The van der Waals surface area contributed by atoms with Crippen LogP contribution in [0.1, 0.15) is 19.4 Å². The second-order valence-electron chi connectivity index (χ2n) is 5.03. The summed E-state index contributed by atoms with van der Waals surface area (Å²) in [6.07, 6.45) is 1.17. The summed E-state index contributed by atoms with van der Waals surface area (Å²) in [5.74, 6) is -0.279. The number of nitrogens with one attached hydrogen (secondary N) is 1. The third-order valence-corrected chi connectivity index (χ3v) is 3.50. The Morgan fingerprint density at radius 2 is 2.00 bits per heavy atom. The van der Waals surface area contributed by atoms with Gasteiger partial charge in [0.05, 0.1) is 11.8 Å². The van der Waals surface area contributed by atoms with Gasteiger partial charge in [0.2, 0.25) is 5.91 Å². The number of hydrogen-bond acceptors (Lipinski definition) is 4. The minimum atomic E-state index is -3.09. The van der Waals surface area contributed by atoms with Crippen molar-refractivity contribution in [3.63, 3.8) is 0 Å². The largest absolute Gasteiger partial charge is 0.325 e. The van der Waals surface area contributed by atoms with E-state index in [0.29, 0.717) is 11.3 Å². The molecule has 1 rings (SSSR count). The van der Waals surface area contributed by atoms with Crippen molar-refractivity contribution in [3.05, 3.63) is 29.8 Å². The molecule has 0 aromatic heterocycles. The molecule has 0 radical (unpaired) electrons. The predicted molar refractivity (Wildman–Crippen MR) is 76.4 cm³/mol. The van der Waals surface area contributed by atoms with Gasteiger partial charge in [-0.15, -0.1) is 0 Å². The zero-order valence-corrected chi connectivity index (χ0v) is 12.2. The van der Waals surface area contributed by atoms with Crippen molar-refractivity contribution in [2.24, 2.45) is 11.7 Å². The molecule has 0 spiro atoms. The molecule has 19 heavy (non-hydrogen) atoms. The van der Waals surface area contributed by atoms with Crippen LogP contribution in [0.2, 0.25) is 0 Å². The molecule has 0 aliphatic heterocycles. The van der Waals surface area contributed by atoms with Gasteiger partial charge in [0.15, 0.2) is 9.84 Å². The van der Waals surface area contributed by atoms with Crippen molar-refractivity contribution in [3.8, 4) is 0 Å². The molecule has 1 amide bonds. The van der Waals surface area contributed by atoms with Crippen LogP contribution < -0.4 is 11.1 Å². The fourth-order valence-electron chi connectivity index (χ4n) is 1.57. The summed E-state index contributed by atoms with van der Waals surface area (Å²) in [4.78, 5) is 11.8. The van der Waals surface area contributed by atoms with E-state index >= 15 is 0 Å². The van der Waals surface area contributed by atoms with Crippen LogP contribution in [0.3, 0.4) is 0 Å². The highest BCUT2D eigenvalue weighted by Gasteiger charge is 2.17. The van der Waals surface area contributed by atoms with E-state index in [1.54, 1.807) is 24.3 Å². The van der Waals surface area contributed by atoms with Gasteiger partial charge in [-0.2, -0.15) is 0 Å². The fourth-order valence-corrected chi connectivity index (χ4v) is 2.36. The Kier molecular flexibility index (Phi) is 5.08. The molecule has 1 atom stereocenters. The van der Waals surface area contributed by atoms with Crippen molar-refractivity contribution in [1.82, 2.24) is 0 Å². The second-order valence-corrected chi connectivity index (χ2v) is 7.17. The molecular weight excluding hydrogens is 264 g/mol. The molecule has 1 aromatic rings. The van der Waals surface area contributed by atoms with Crippen LogP contribution in [-0.4, -0.2) is 26.6 Å². The smallest absolute Gasteiger partial charge is 0.241 e. The number of nitrogens with two attached hydrogens (primary N) is 1. The number of rotatable bonds is 5. The molecule has 5 nitrogen and oxygen atoms in total. The van der Waals surface area contributed by atoms with E-state index in [2.05, 4.69) is 5.32 Å². The van der Waals surface area contributed by atoms with Gasteiger partial charge < -0.3 is 11.1 Å². The van der Waals surface area contributed by atoms with Gasteiger partial charge in [-0.25, -0.2) is 8.42 Å². The summed E-state index contributed by atoms with van der Waals surface area (Å²) in [7, 11) is -3.09. The van der Waals surface area contributed by atoms with E-state index < -0.39 is 15.9 Å². The summed E-state index contributed by atoms with van der Waals surface area (Å²) in [6, 6.07) is 6.18. The fraction of sp³-hybridized carbons (Fsp3) is 0.462. The summed E-state index contributed by atoms with van der Waals surface area (Å²) in [6.45, 7) is 3.73. The lowest BCUT2D eigenvalue weighted by Crippen LogP contribution is -2.39. The minimum absolute atomic E-state index is 0.0409. The quantitative estimate of drug-likeness (QED) is 0.849. The highest BCUT2D eigenvalue weighted by molar-refractivity contribution is 7.89. The molecule has 1 aromatic carbocycles. The van der Waals surface area contributed by atoms with Crippen molar-refractivity contribution in [2.75, 3.05) is 11.6 Å². The van der Waals surface area contributed by atoms with Crippen LogP contribution in [0.15, 0.2) is 24.3 Å². The zero-order valence-electron chi connectivity index (χ0n) is 11.4. The number of anilines is 1. The topological polar surface area (TPSA) is 89.3 Å². The lowest BCUT2D eigenvalue weighted by Gasteiger charge is -2.15. The summed E-state index contributed by atoms with van der Waals surface area (Å²) in [5, 5.41) is 2.69. The molecule has 106 valence electrons. The molecule has 0 fully saturated rings. The second kappa shape index (κ2) is 6.16. The molecule has 0 aliphatic rings. The zero-order chi connectivity index (χ0) is 14.6. The van der Waals surface area contributed by atoms with Crippen molar-refractivity contribution in [2.45, 2.75) is 25.6 Å². The maximum Gasteiger partial charge on any atom is 0.241 e. The van der Waals surface area contributed by atoms with Gasteiger partial charge in [0, 0.05) is 11.9 Å². The normalized spacial score (nSPS) is 13.3. The van der Waals surface area contributed by atoms with Gasteiger partial charge in [-0.3, -0.25) is 4.79 Å². The first-order chi connectivity index (χ1) is 8.69. The van der Waals surface area contributed by atoms with E-state index in [4.69, 9.17) is 5.73 Å². The van der Waals surface area contributed by atoms with Crippen LogP contribution in [0, 0.1) is 5.92 Å². The Morgan fingerprint density at radius 3 is 2.53 bits per heavy atom. The van der Waals surface area contributed by atoms with Gasteiger partial charge in [0.25, 0.3) is 0 Å². The lowest BCUT2D eigenvalue weighted by molar-refractivity contribution is -0.118. The van der Waals surface area contributed by atoms with Crippen LogP contribution in [0.25, 0.3) is 0 Å². The van der Waals surface area contributed by atoms with Crippen LogP contribution in [0.5, 0.6) is 0 Å². The number of carbonyl (C=O) groups excluding carboxylic acids is 1. The first kappa shape index (κ1) is 15.7. The van der Waals surface area contributed by atoms with E-state index in [1.807, 2.05) is 13.8 Å². The Bertz CT molecular complexity index is 553. The van der Waals surface area contributed by atoms with Gasteiger partial charge in [-0.05, 0) is 23.6 Å². The summed E-state index contributed by atoms with van der Waals surface area (Å²) < 4.78 is 22.4. The standard InChI is InChI=1S/C13H20N2O3S/c1-9(2)12(14)13(16)15-11-6-4-5-10(7-11)8-19(3,17)18/h4-7,9,12H,8,14H2,1-3H3,(H,15,16)/t12-/m0/s1. The Labute approximate surface area is 114 Å². The van der Waals surface area contributed by atoms with E-state index in [-0.39, 0.29) is 17.6 Å². The predicted octanol–water partition coefficient (Wildman–Crippen LogP) is 1.15. The summed E-state index contributed by atoms with van der Waals surface area (Å²) >= 11 is 0. The monoisotopic (exact) mass is 284 g/mol. The van der Waals surface area contributed by atoms with Gasteiger partial charge >= 0.3 is 0 Å². The third-order valence-electron chi connectivity index (χ3n) is 2.64. The number of benzene rings is 1. The maximum atomic E-state index is 11.8. The van der Waals surface area contributed by atoms with Crippen LogP contribution >= 0.6 is 0 Å². The van der Waals surface area contributed by atoms with E-state index in [0.717, 1.165) is 0 Å². The molecule has 0 saturated carbocycles. The highest BCUT2D eigenvalue weighted by Crippen LogP contribution is 2.14. The number of hydrogen-bond donors (Lipinski definition) is 2. The SMILES string of the molecule is CC(C)[C@H](N)C(=O)Nc1cccc(CS(C)(=O)=O)c1. The van der Waals surface area contributed by atoms with Gasteiger partial charge in [0.1, 0.15) is 0 Å². The van der Waals surface area contributed by atoms with Crippen molar-refractivity contribution < 1.29 is 13.2 Å². The minimum Gasteiger partial charge on any atom is -0.325 e. The third kappa shape index (κ3) is 5.40. The molecule has 0 bridgehead atoms. The Hall–Kier alpha value is -1.40. The maximum absolute atomic E-state index is 11.8. The van der Waals surface area contributed by atoms with Crippen LogP contribution in [0.4, 0.5) is 5.69 Å². The van der Waals surface area contributed by atoms with Crippen LogP contribution in [-0.2, 0) is 20.4 Å². The number of sulfone groups is 1. The van der Waals surface area contributed by atoms with Crippen molar-refractivity contribution >= 4 is 21.4 Å². The number of carbonyl (C=O) groups is 1. The van der Waals surface area contributed by atoms with E-state index in [9.17, 15) is 13.2 Å². The molecule has 6 heteroatoms. The Morgan fingerprint density at radius 1 is 1.37 bits per heavy atom. The average Bonchev–Trinajstić information content (AvgIpc) is 2.25. The molecule has 0 unspecified atom stereocenters. The molecular formula is C13H20N2O3S. The summed E-state index contributed by atoms with van der Waals surface area (Å²) in [5.41, 5.74) is 6.93. The molecule has 0 saturated heterocycles. The number of amides is 1. The Balaban J connectivity index is 2.80. The first-order valence-electron chi connectivity index (χ1n) is 6.02. The van der Waals surface area contributed by atoms with E-state index in [1.165, 1.54) is 6.26 Å². The van der Waals surface area contributed by atoms with Gasteiger partial charge in [-0.1, -0.05) is 26.0 Å². The van der Waals surface area contributed by atoms with Crippen molar-refractivity contribution in [1.29, 1.82) is 0 Å².